The van der Waals surface area contributed by atoms with E-state index >= 15 is 0 Å². The standard InChI is InChI=1S/C13H13NO3/c1-8-5-10-6-9(7-15)3-4-11(10)14-12(8)13(16)17-2/h3-6,15H,7H2,1-2H3. The summed E-state index contributed by atoms with van der Waals surface area (Å²) in [7, 11) is 1.34. The lowest BCUT2D eigenvalue weighted by Gasteiger charge is -2.06. The number of carbonyl (C=O) groups excluding carboxylic acids is 1. The maximum absolute atomic E-state index is 11.5. The number of hydrogen-bond acceptors (Lipinski definition) is 4. The molecule has 4 heteroatoms. The first-order valence-electron chi connectivity index (χ1n) is 5.25. The molecule has 0 saturated heterocycles. The number of esters is 1. The molecule has 1 aromatic heterocycles. The molecule has 0 aliphatic rings. The summed E-state index contributed by atoms with van der Waals surface area (Å²) in [5, 5.41) is 9.96. The molecule has 1 aromatic carbocycles. The van der Waals surface area contributed by atoms with Crippen LogP contribution >= 0.6 is 0 Å². The molecule has 0 fully saturated rings. The number of fused-ring (bicyclic) bond motifs is 1. The number of aromatic nitrogens is 1. The second kappa shape index (κ2) is 4.51. The zero-order valence-corrected chi connectivity index (χ0v) is 9.73. The van der Waals surface area contributed by atoms with E-state index in [2.05, 4.69) is 9.72 Å². The number of hydrogen-bond donors (Lipinski definition) is 1. The van der Waals surface area contributed by atoms with Crippen molar-refractivity contribution >= 4 is 16.9 Å². The second-order valence-corrected chi connectivity index (χ2v) is 3.83. The van der Waals surface area contributed by atoms with E-state index in [0.29, 0.717) is 11.2 Å². The largest absolute Gasteiger partial charge is 0.464 e. The normalized spacial score (nSPS) is 10.5. The van der Waals surface area contributed by atoms with Crippen molar-refractivity contribution in [1.29, 1.82) is 0 Å². The first-order valence-corrected chi connectivity index (χ1v) is 5.25. The molecule has 0 unspecified atom stereocenters. The van der Waals surface area contributed by atoms with Gasteiger partial charge in [0.2, 0.25) is 0 Å². The van der Waals surface area contributed by atoms with Crippen molar-refractivity contribution in [2.24, 2.45) is 0 Å². The Balaban J connectivity index is 2.62. The van der Waals surface area contributed by atoms with E-state index in [0.717, 1.165) is 16.5 Å². The molecule has 0 aliphatic carbocycles. The quantitative estimate of drug-likeness (QED) is 0.801. The van der Waals surface area contributed by atoms with Crippen LogP contribution in [0.2, 0.25) is 0 Å². The number of methoxy groups -OCH3 is 1. The fourth-order valence-electron chi connectivity index (χ4n) is 1.73. The van der Waals surface area contributed by atoms with E-state index < -0.39 is 5.97 Å². The van der Waals surface area contributed by atoms with Gasteiger partial charge in [-0.05, 0) is 36.2 Å². The minimum absolute atomic E-state index is 0.00621. The van der Waals surface area contributed by atoms with Crippen molar-refractivity contribution in [3.05, 3.63) is 41.1 Å². The van der Waals surface area contributed by atoms with E-state index in [1.54, 1.807) is 12.1 Å². The third kappa shape index (κ3) is 2.12. The lowest BCUT2D eigenvalue weighted by Crippen LogP contribution is -2.07. The van der Waals surface area contributed by atoms with Crippen molar-refractivity contribution in [1.82, 2.24) is 4.98 Å². The van der Waals surface area contributed by atoms with Gasteiger partial charge in [0.1, 0.15) is 0 Å². The van der Waals surface area contributed by atoms with Crippen LogP contribution in [0, 0.1) is 6.92 Å². The third-order valence-corrected chi connectivity index (χ3v) is 2.63. The summed E-state index contributed by atoms with van der Waals surface area (Å²) in [6.07, 6.45) is 0. The number of aryl methyl sites for hydroxylation is 1. The Morgan fingerprint density at radius 3 is 2.82 bits per heavy atom. The minimum atomic E-state index is -0.435. The molecule has 17 heavy (non-hydrogen) atoms. The Bertz CT molecular complexity index is 578. The van der Waals surface area contributed by atoms with Crippen LogP contribution in [0.1, 0.15) is 21.6 Å². The summed E-state index contributed by atoms with van der Waals surface area (Å²) >= 11 is 0. The average molecular weight is 231 g/mol. The lowest BCUT2D eigenvalue weighted by atomic mass is 10.1. The van der Waals surface area contributed by atoms with Crippen LogP contribution in [-0.2, 0) is 11.3 Å². The Morgan fingerprint density at radius 2 is 2.18 bits per heavy atom. The zero-order chi connectivity index (χ0) is 12.4. The van der Waals surface area contributed by atoms with Gasteiger partial charge in [0.25, 0.3) is 0 Å². The van der Waals surface area contributed by atoms with Crippen molar-refractivity contribution in [3.8, 4) is 0 Å². The number of benzene rings is 1. The summed E-state index contributed by atoms with van der Waals surface area (Å²) in [6, 6.07) is 7.29. The highest BCUT2D eigenvalue weighted by Gasteiger charge is 2.12. The van der Waals surface area contributed by atoms with Crippen LogP contribution < -0.4 is 0 Å². The molecule has 0 bridgehead atoms. The average Bonchev–Trinajstić information content (AvgIpc) is 2.36. The Hall–Kier alpha value is -1.94. The highest BCUT2D eigenvalue weighted by atomic mass is 16.5. The number of aliphatic hydroxyl groups excluding tert-OH is 1. The third-order valence-electron chi connectivity index (χ3n) is 2.63. The Kier molecular flexibility index (Phi) is 3.06. The van der Waals surface area contributed by atoms with Gasteiger partial charge in [0, 0.05) is 5.39 Å². The molecular formula is C13H13NO3. The molecule has 0 aliphatic heterocycles. The van der Waals surface area contributed by atoms with Gasteiger partial charge in [-0.25, -0.2) is 9.78 Å². The molecule has 2 rings (SSSR count). The fraction of sp³-hybridized carbons (Fsp3) is 0.231. The van der Waals surface area contributed by atoms with Crippen LogP contribution in [0.3, 0.4) is 0 Å². The Morgan fingerprint density at radius 1 is 1.41 bits per heavy atom. The van der Waals surface area contributed by atoms with Crippen LogP contribution in [-0.4, -0.2) is 23.2 Å². The molecule has 88 valence electrons. The summed E-state index contributed by atoms with van der Waals surface area (Å²) in [4.78, 5) is 15.7. The van der Waals surface area contributed by atoms with Crippen LogP contribution in [0.4, 0.5) is 0 Å². The van der Waals surface area contributed by atoms with Gasteiger partial charge < -0.3 is 9.84 Å². The highest BCUT2D eigenvalue weighted by Crippen LogP contribution is 2.18. The van der Waals surface area contributed by atoms with Gasteiger partial charge in [-0.2, -0.15) is 0 Å². The van der Waals surface area contributed by atoms with E-state index in [1.165, 1.54) is 7.11 Å². The molecule has 1 heterocycles. The summed E-state index contributed by atoms with van der Waals surface area (Å²) in [5.74, 6) is -0.435. The van der Waals surface area contributed by atoms with Gasteiger partial charge >= 0.3 is 5.97 Å². The summed E-state index contributed by atoms with van der Waals surface area (Å²) < 4.78 is 4.67. The smallest absolute Gasteiger partial charge is 0.356 e. The first kappa shape index (κ1) is 11.5. The number of ether oxygens (including phenoxy) is 1. The van der Waals surface area contributed by atoms with E-state index in [-0.39, 0.29) is 6.61 Å². The fourth-order valence-corrected chi connectivity index (χ4v) is 1.73. The molecule has 2 aromatic rings. The van der Waals surface area contributed by atoms with Crippen molar-refractivity contribution in [2.45, 2.75) is 13.5 Å². The van der Waals surface area contributed by atoms with Crippen molar-refractivity contribution in [3.63, 3.8) is 0 Å². The molecule has 0 saturated carbocycles. The number of pyridine rings is 1. The number of carbonyl (C=O) groups is 1. The predicted octanol–water partition coefficient (Wildman–Crippen LogP) is 1.82. The first-order chi connectivity index (χ1) is 8.15. The second-order valence-electron chi connectivity index (χ2n) is 3.83. The SMILES string of the molecule is COC(=O)c1nc2ccc(CO)cc2cc1C. The van der Waals surface area contributed by atoms with Crippen molar-refractivity contribution in [2.75, 3.05) is 7.11 Å². The molecule has 1 N–H and O–H groups in total. The van der Waals surface area contributed by atoms with E-state index in [1.807, 2.05) is 19.1 Å². The molecule has 0 atom stereocenters. The molecule has 0 spiro atoms. The van der Waals surface area contributed by atoms with Gasteiger partial charge in [-0.3, -0.25) is 0 Å². The maximum atomic E-state index is 11.5. The lowest BCUT2D eigenvalue weighted by molar-refractivity contribution is 0.0593. The van der Waals surface area contributed by atoms with Crippen LogP contribution in [0.25, 0.3) is 10.9 Å². The number of aliphatic hydroxyl groups is 1. The predicted molar refractivity (Wildman–Crippen MR) is 63.7 cm³/mol. The van der Waals surface area contributed by atoms with E-state index in [9.17, 15) is 4.79 Å². The summed E-state index contributed by atoms with van der Waals surface area (Å²) in [6.45, 7) is 1.80. The Labute approximate surface area is 98.9 Å². The van der Waals surface area contributed by atoms with Gasteiger partial charge in [-0.1, -0.05) is 6.07 Å². The zero-order valence-electron chi connectivity index (χ0n) is 9.73. The van der Waals surface area contributed by atoms with E-state index in [4.69, 9.17) is 5.11 Å². The minimum Gasteiger partial charge on any atom is -0.464 e. The van der Waals surface area contributed by atoms with Crippen molar-refractivity contribution < 1.29 is 14.6 Å². The summed E-state index contributed by atoms with van der Waals surface area (Å²) in [5.41, 5.74) is 2.63. The van der Waals surface area contributed by atoms with Crippen LogP contribution in [0.5, 0.6) is 0 Å². The number of nitrogens with zero attached hydrogens (tertiary/aromatic N) is 1. The van der Waals surface area contributed by atoms with Crippen LogP contribution in [0.15, 0.2) is 24.3 Å². The van der Waals surface area contributed by atoms with Gasteiger partial charge in [0.15, 0.2) is 5.69 Å². The van der Waals surface area contributed by atoms with Gasteiger partial charge in [-0.15, -0.1) is 0 Å². The topological polar surface area (TPSA) is 59.4 Å². The molecule has 0 radical (unpaired) electrons. The van der Waals surface area contributed by atoms with Gasteiger partial charge in [0.05, 0.1) is 19.2 Å². The number of rotatable bonds is 2. The molecular weight excluding hydrogens is 218 g/mol. The highest BCUT2D eigenvalue weighted by molar-refractivity contribution is 5.92. The molecule has 4 nitrogen and oxygen atoms in total. The maximum Gasteiger partial charge on any atom is 0.356 e. The monoisotopic (exact) mass is 231 g/mol. The molecule has 0 amide bonds.